The van der Waals surface area contributed by atoms with Crippen LogP contribution in [-0.4, -0.2) is 23.8 Å². The van der Waals surface area contributed by atoms with E-state index in [2.05, 4.69) is 29.2 Å². The number of piperidine rings is 1. The van der Waals surface area contributed by atoms with Crippen LogP contribution in [-0.2, 0) is 0 Å². The molecule has 2 rings (SSSR count). The molecule has 17 heavy (non-hydrogen) atoms. The van der Waals surface area contributed by atoms with Gasteiger partial charge in [0, 0.05) is 18.8 Å². The highest BCUT2D eigenvalue weighted by Gasteiger charge is 2.29. The molecule has 0 saturated carbocycles. The molecule has 1 fully saturated rings. The van der Waals surface area contributed by atoms with Gasteiger partial charge in [0.1, 0.15) is 0 Å². The lowest BCUT2D eigenvalue weighted by molar-refractivity contribution is 0.0639. The van der Waals surface area contributed by atoms with Crippen molar-refractivity contribution in [3.05, 3.63) is 42.0 Å². The van der Waals surface area contributed by atoms with Gasteiger partial charge in [-0.25, -0.2) is 0 Å². The Bertz CT molecular complexity index is 385. The van der Waals surface area contributed by atoms with E-state index < -0.39 is 5.60 Å². The number of hydrogen-bond donors (Lipinski definition) is 1. The van der Waals surface area contributed by atoms with E-state index in [0.29, 0.717) is 0 Å². The summed E-state index contributed by atoms with van der Waals surface area (Å²) in [5.74, 6) is 0. The van der Waals surface area contributed by atoms with Crippen molar-refractivity contribution >= 4 is 5.69 Å². The highest BCUT2D eigenvalue weighted by molar-refractivity contribution is 5.46. The summed E-state index contributed by atoms with van der Waals surface area (Å²) >= 11 is 0. The zero-order chi connectivity index (χ0) is 12.3. The Balaban J connectivity index is 2.01. The molecule has 0 spiro atoms. The highest BCUT2D eigenvalue weighted by Crippen LogP contribution is 2.27. The molecule has 0 unspecified atom stereocenters. The average molecular weight is 231 g/mol. The van der Waals surface area contributed by atoms with Gasteiger partial charge in [0.05, 0.1) is 5.60 Å². The third-order valence-corrected chi connectivity index (χ3v) is 3.31. The van der Waals surface area contributed by atoms with Crippen LogP contribution >= 0.6 is 0 Å². The van der Waals surface area contributed by atoms with Crippen molar-refractivity contribution in [2.45, 2.75) is 32.3 Å². The normalized spacial score (nSPS) is 18.9. The van der Waals surface area contributed by atoms with Gasteiger partial charge < -0.3 is 10.0 Å². The second-order valence-corrected chi connectivity index (χ2v) is 5.15. The van der Waals surface area contributed by atoms with E-state index in [-0.39, 0.29) is 0 Å². The zero-order valence-electron chi connectivity index (χ0n) is 10.7. The summed E-state index contributed by atoms with van der Waals surface area (Å²) in [5, 5.41) is 10.4. The van der Waals surface area contributed by atoms with E-state index in [4.69, 9.17) is 0 Å². The number of aliphatic hydroxyl groups is 1. The minimum atomic E-state index is -0.593. The Labute approximate surface area is 104 Å². The SMILES string of the molecule is CC(C)=CC1(O)CCN(c2ccccc2)CC1. The molecule has 0 radical (unpaired) electrons. The second kappa shape index (κ2) is 4.92. The number of rotatable bonds is 2. The molecule has 1 aliphatic heterocycles. The first-order valence-corrected chi connectivity index (χ1v) is 6.27. The molecule has 92 valence electrons. The first-order chi connectivity index (χ1) is 8.09. The maximum Gasteiger partial charge on any atom is 0.0863 e. The lowest BCUT2D eigenvalue weighted by Gasteiger charge is -2.38. The van der Waals surface area contributed by atoms with Gasteiger partial charge in [-0.1, -0.05) is 29.8 Å². The largest absolute Gasteiger partial charge is 0.386 e. The molecule has 1 aromatic carbocycles. The maximum absolute atomic E-state index is 10.4. The van der Waals surface area contributed by atoms with Gasteiger partial charge >= 0.3 is 0 Å². The summed E-state index contributed by atoms with van der Waals surface area (Å²) < 4.78 is 0. The summed E-state index contributed by atoms with van der Waals surface area (Å²) in [6.07, 6.45) is 3.63. The fourth-order valence-corrected chi connectivity index (χ4v) is 2.47. The number of para-hydroxylation sites is 1. The van der Waals surface area contributed by atoms with Crippen molar-refractivity contribution in [1.82, 2.24) is 0 Å². The quantitative estimate of drug-likeness (QED) is 0.791. The molecule has 2 nitrogen and oxygen atoms in total. The molecule has 2 heteroatoms. The second-order valence-electron chi connectivity index (χ2n) is 5.15. The molecule has 0 aromatic heterocycles. The minimum absolute atomic E-state index is 0.593. The molecule has 0 atom stereocenters. The molecule has 1 saturated heterocycles. The molecule has 0 amide bonds. The summed E-state index contributed by atoms with van der Waals surface area (Å²) in [5.41, 5.74) is 1.86. The van der Waals surface area contributed by atoms with E-state index in [9.17, 15) is 5.11 Å². The van der Waals surface area contributed by atoms with Gasteiger partial charge in [-0.15, -0.1) is 0 Å². The third kappa shape index (κ3) is 3.10. The smallest absolute Gasteiger partial charge is 0.0863 e. The number of nitrogens with zero attached hydrogens (tertiary/aromatic N) is 1. The van der Waals surface area contributed by atoms with Gasteiger partial charge in [0.2, 0.25) is 0 Å². The van der Waals surface area contributed by atoms with Crippen molar-refractivity contribution in [1.29, 1.82) is 0 Å². The summed E-state index contributed by atoms with van der Waals surface area (Å²) in [4.78, 5) is 2.34. The summed E-state index contributed by atoms with van der Waals surface area (Å²) in [6.45, 7) is 5.93. The fraction of sp³-hybridized carbons (Fsp3) is 0.467. The molecule has 1 heterocycles. The van der Waals surface area contributed by atoms with Crippen molar-refractivity contribution in [3.8, 4) is 0 Å². The van der Waals surface area contributed by atoms with Gasteiger partial charge in [-0.05, 0) is 38.8 Å². The Morgan fingerprint density at radius 1 is 1.18 bits per heavy atom. The van der Waals surface area contributed by atoms with E-state index in [1.165, 1.54) is 11.3 Å². The first-order valence-electron chi connectivity index (χ1n) is 6.27. The van der Waals surface area contributed by atoms with Crippen LogP contribution in [0.15, 0.2) is 42.0 Å². The summed E-state index contributed by atoms with van der Waals surface area (Å²) in [7, 11) is 0. The topological polar surface area (TPSA) is 23.5 Å². The van der Waals surface area contributed by atoms with Gasteiger partial charge in [-0.3, -0.25) is 0 Å². The standard InChI is InChI=1S/C15H21NO/c1-13(2)12-15(17)8-10-16(11-9-15)14-6-4-3-5-7-14/h3-7,12,17H,8-11H2,1-2H3. The van der Waals surface area contributed by atoms with Crippen molar-refractivity contribution in [3.63, 3.8) is 0 Å². The first kappa shape index (κ1) is 12.2. The van der Waals surface area contributed by atoms with Crippen LogP contribution in [0.25, 0.3) is 0 Å². The van der Waals surface area contributed by atoms with E-state index >= 15 is 0 Å². The number of anilines is 1. The zero-order valence-corrected chi connectivity index (χ0v) is 10.7. The Morgan fingerprint density at radius 3 is 2.29 bits per heavy atom. The van der Waals surface area contributed by atoms with Crippen LogP contribution in [0, 0.1) is 0 Å². The van der Waals surface area contributed by atoms with Crippen LogP contribution in [0.4, 0.5) is 5.69 Å². The molecule has 0 aliphatic carbocycles. The predicted molar refractivity (Wildman–Crippen MR) is 72.3 cm³/mol. The van der Waals surface area contributed by atoms with Gasteiger partial charge in [0.25, 0.3) is 0 Å². The van der Waals surface area contributed by atoms with Crippen molar-refractivity contribution < 1.29 is 5.11 Å². The molecule has 1 aliphatic rings. The van der Waals surface area contributed by atoms with Crippen LogP contribution < -0.4 is 4.90 Å². The van der Waals surface area contributed by atoms with Crippen LogP contribution in [0.3, 0.4) is 0 Å². The Kier molecular flexibility index (Phi) is 3.53. The molecule has 0 bridgehead atoms. The maximum atomic E-state index is 10.4. The van der Waals surface area contributed by atoms with Gasteiger partial charge in [-0.2, -0.15) is 0 Å². The van der Waals surface area contributed by atoms with Crippen molar-refractivity contribution in [2.24, 2.45) is 0 Å². The Hall–Kier alpha value is -1.28. The lowest BCUT2D eigenvalue weighted by atomic mass is 9.89. The number of benzene rings is 1. The number of allylic oxidation sites excluding steroid dienone is 1. The molecular formula is C15H21NO. The lowest BCUT2D eigenvalue weighted by Crippen LogP contribution is -2.43. The Morgan fingerprint density at radius 2 is 1.76 bits per heavy atom. The van der Waals surface area contributed by atoms with Crippen LogP contribution in [0.1, 0.15) is 26.7 Å². The number of hydrogen-bond acceptors (Lipinski definition) is 2. The summed E-state index contributed by atoms with van der Waals surface area (Å²) in [6, 6.07) is 10.4. The minimum Gasteiger partial charge on any atom is -0.386 e. The predicted octanol–water partition coefficient (Wildman–Crippen LogP) is 2.98. The van der Waals surface area contributed by atoms with Gasteiger partial charge in [0.15, 0.2) is 0 Å². The fourth-order valence-electron chi connectivity index (χ4n) is 2.47. The monoisotopic (exact) mass is 231 g/mol. The van der Waals surface area contributed by atoms with E-state index in [1.54, 1.807) is 0 Å². The van der Waals surface area contributed by atoms with E-state index in [1.807, 2.05) is 26.0 Å². The van der Waals surface area contributed by atoms with Crippen molar-refractivity contribution in [2.75, 3.05) is 18.0 Å². The third-order valence-electron chi connectivity index (χ3n) is 3.31. The highest BCUT2D eigenvalue weighted by atomic mass is 16.3. The van der Waals surface area contributed by atoms with E-state index in [0.717, 1.165) is 25.9 Å². The average Bonchev–Trinajstić information content (AvgIpc) is 2.29. The molecule has 1 N–H and O–H groups in total. The van der Waals surface area contributed by atoms with Crippen LogP contribution in [0.5, 0.6) is 0 Å². The molecular weight excluding hydrogens is 210 g/mol. The van der Waals surface area contributed by atoms with Crippen LogP contribution in [0.2, 0.25) is 0 Å². The molecule has 1 aromatic rings.